The van der Waals surface area contributed by atoms with E-state index in [1.165, 1.54) is 0 Å². The van der Waals surface area contributed by atoms with Crippen LogP contribution in [0.2, 0.25) is 0 Å². The van der Waals surface area contributed by atoms with Crippen LogP contribution in [-0.2, 0) is 0 Å². The van der Waals surface area contributed by atoms with Crippen LogP contribution in [0.1, 0.15) is 45.0 Å². The van der Waals surface area contributed by atoms with E-state index in [0.717, 1.165) is 12.2 Å². The lowest BCUT2D eigenvalue weighted by Gasteiger charge is -2.29. The van der Waals surface area contributed by atoms with Crippen LogP contribution in [0.5, 0.6) is 0 Å². The first-order valence-corrected chi connectivity index (χ1v) is 6.99. The Hall–Kier alpha value is -1.51. The highest BCUT2D eigenvalue weighted by molar-refractivity contribution is 5.99. The first-order valence-electron chi connectivity index (χ1n) is 6.99. The van der Waals surface area contributed by atoms with Crippen molar-refractivity contribution in [2.24, 2.45) is 11.3 Å². The van der Waals surface area contributed by atoms with E-state index < -0.39 is 0 Å². The van der Waals surface area contributed by atoms with Gasteiger partial charge in [0.05, 0.1) is 5.56 Å². The van der Waals surface area contributed by atoms with Crippen LogP contribution >= 0.6 is 0 Å². The third-order valence-electron chi connectivity index (χ3n) is 3.81. The number of carbonyl (C=O) groups excluding carboxylic acids is 1. The summed E-state index contributed by atoms with van der Waals surface area (Å²) in [7, 11) is 0. The third kappa shape index (κ3) is 4.27. The van der Waals surface area contributed by atoms with Gasteiger partial charge in [-0.2, -0.15) is 0 Å². The molecule has 3 nitrogen and oxygen atoms in total. The Morgan fingerprint density at radius 3 is 2.47 bits per heavy atom. The van der Waals surface area contributed by atoms with Gasteiger partial charge in [-0.1, -0.05) is 39.8 Å². The first-order chi connectivity index (χ1) is 8.88. The molecule has 0 aromatic heterocycles. The van der Waals surface area contributed by atoms with Crippen LogP contribution in [0.4, 0.5) is 5.69 Å². The molecule has 0 heterocycles. The van der Waals surface area contributed by atoms with Crippen molar-refractivity contribution >= 4 is 11.6 Å². The van der Waals surface area contributed by atoms with Gasteiger partial charge in [-0.05, 0) is 30.4 Å². The molecule has 0 spiro atoms. The van der Waals surface area contributed by atoms with Gasteiger partial charge in [0.1, 0.15) is 0 Å². The summed E-state index contributed by atoms with van der Waals surface area (Å²) in [4.78, 5) is 12.3. The quantitative estimate of drug-likeness (QED) is 0.823. The molecule has 0 aliphatic rings. The highest BCUT2D eigenvalue weighted by Crippen LogP contribution is 2.25. The number of nitrogens with one attached hydrogen (secondary N) is 2. The number of hydrogen-bond acceptors (Lipinski definition) is 2. The number of anilines is 1. The number of rotatable bonds is 6. The Bertz CT molecular complexity index is 425. The average Bonchev–Trinajstić information content (AvgIpc) is 2.37. The van der Waals surface area contributed by atoms with Crippen LogP contribution in [0.15, 0.2) is 24.3 Å². The molecule has 1 amide bonds. The summed E-state index contributed by atoms with van der Waals surface area (Å²) in [5, 5.41) is 6.26. The maximum atomic E-state index is 12.3. The Morgan fingerprint density at radius 1 is 1.26 bits per heavy atom. The highest BCUT2D eigenvalue weighted by Gasteiger charge is 2.23. The lowest BCUT2D eigenvalue weighted by atomic mass is 9.81. The van der Waals surface area contributed by atoms with E-state index in [2.05, 4.69) is 38.3 Å². The standard InChI is InChI=1S/C16H26N2O/c1-6-17-14-10-8-7-9-13(14)15(19)18-11-16(4,5)12(2)3/h7-10,12,17H,6,11H2,1-5H3,(H,18,19). The van der Waals surface area contributed by atoms with Crippen LogP contribution in [0, 0.1) is 11.3 Å². The van der Waals surface area contributed by atoms with Gasteiger partial charge in [0, 0.05) is 18.8 Å². The molecule has 0 aliphatic carbocycles. The number of para-hydroxylation sites is 1. The number of amides is 1. The molecule has 1 aromatic carbocycles. The molecule has 0 aliphatic heterocycles. The Balaban J connectivity index is 2.74. The highest BCUT2D eigenvalue weighted by atomic mass is 16.1. The minimum atomic E-state index is -0.00900. The van der Waals surface area contributed by atoms with E-state index in [0.29, 0.717) is 18.0 Å². The molecule has 0 saturated heterocycles. The minimum Gasteiger partial charge on any atom is -0.385 e. The van der Waals surface area contributed by atoms with Gasteiger partial charge in [0.15, 0.2) is 0 Å². The molecular formula is C16H26N2O. The number of benzene rings is 1. The molecule has 19 heavy (non-hydrogen) atoms. The van der Waals surface area contributed by atoms with Crippen molar-refractivity contribution < 1.29 is 4.79 Å². The zero-order valence-corrected chi connectivity index (χ0v) is 12.7. The molecule has 2 N–H and O–H groups in total. The summed E-state index contributed by atoms with van der Waals surface area (Å²) in [6.45, 7) is 12.2. The first kappa shape index (κ1) is 15.5. The predicted molar refractivity (Wildman–Crippen MR) is 81.6 cm³/mol. The summed E-state index contributed by atoms with van der Waals surface area (Å²) >= 11 is 0. The largest absolute Gasteiger partial charge is 0.385 e. The number of carbonyl (C=O) groups is 1. The van der Waals surface area contributed by atoms with E-state index in [1.54, 1.807) is 0 Å². The van der Waals surface area contributed by atoms with Gasteiger partial charge in [0.25, 0.3) is 5.91 Å². The molecule has 3 heteroatoms. The van der Waals surface area contributed by atoms with Gasteiger partial charge >= 0.3 is 0 Å². The molecule has 0 unspecified atom stereocenters. The van der Waals surface area contributed by atoms with Gasteiger partial charge in [-0.3, -0.25) is 4.79 Å². The normalized spacial score (nSPS) is 11.5. The molecule has 0 bridgehead atoms. The second kappa shape index (κ2) is 6.60. The van der Waals surface area contributed by atoms with E-state index in [-0.39, 0.29) is 11.3 Å². The fourth-order valence-electron chi connectivity index (χ4n) is 1.63. The lowest BCUT2D eigenvalue weighted by Crippen LogP contribution is -2.37. The van der Waals surface area contributed by atoms with E-state index >= 15 is 0 Å². The maximum absolute atomic E-state index is 12.3. The van der Waals surface area contributed by atoms with Crippen LogP contribution in [0.3, 0.4) is 0 Å². The Kier molecular flexibility index (Phi) is 5.40. The molecule has 106 valence electrons. The molecule has 0 saturated carbocycles. The fourth-order valence-corrected chi connectivity index (χ4v) is 1.63. The van der Waals surface area contributed by atoms with Crippen molar-refractivity contribution in [1.29, 1.82) is 0 Å². The Labute approximate surface area is 116 Å². The topological polar surface area (TPSA) is 41.1 Å². The van der Waals surface area contributed by atoms with Crippen molar-refractivity contribution in [3.05, 3.63) is 29.8 Å². The Morgan fingerprint density at radius 2 is 1.89 bits per heavy atom. The molecule has 0 atom stereocenters. The summed E-state index contributed by atoms with van der Waals surface area (Å²) in [5.74, 6) is 0.516. The van der Waals surface area contributed by atoms with Gasteiger partial charge in [-0.25, -0.2) is 0 Å². The molecular weight excluding hydrogens is 236 g/mol. The average molecular weight is 262 g/mol. The van der Waals surface area contributed by atoms with E-state index in [9.17, 15) is 4.79 Å². The zero-order valence-electron chi connectivity index (χ0n) is 12.7. The fraction of sp³-hybridized carbons (Fsp3) is 0.562. The SMILES string of the molecule is CCNc1ccccc1C(=O)NCC(C)(C)C(C)C. The zero-order chi connectivity index (χ0) is 14.5. The van der Waals surface area contributed by atoms with E-state index in [4.69, 9.17) is 0 Å². The summed E-state index contributed by atoms with van der Waals surface area (Å²) < 4.78 is 0. The summed E-state index contributed by atoms with van der Waals surface area (Å²) in [6.07, 6.45) is 0. The van der Waals surface area contributed by atoms with Crippen molar-refractivity contribution in [2.45, 2.75) is 34.6 Å². The van der Waals surface area contributed by atoms with Crippen LogP contribution in [0.25, 0.3) is 0 Å². The van der Waals surface area contributed by atoms with Gasteiger partial charge < -0.3 is 10.6 Å². The molecule has 1 rings (SSSR count). The summed E-state index contributed by atoms with van der Waals surface area (Å²) in [6, 6.07) is 7.62. The second-order valence-corrected chi connectivity index (χ2v) is 5.90. The van der Waals surface area contributed by atoms with Crippen molar-refractivity contribution in [1.82, 2.24) is 5.32 Å². The monoisotopic (exact) mass is 262 g/mol. The number of hydrogen-bond donors (Lipinski definition) is 2. The minimum absolute atomic E-state index is 0.00900. The van der Waals surface area contributed by atoms with Gasteiger partial charge in [0.2, 0.25) is 0 Å². The summed E-state index contributed by atoms with van der Waals surface area (Å²) in [5.41, 5.74) is 1.71. The molecule has 1 aromatic rings. The third-order valence-corrected chi connectivity index (χ3v) is 3.81. The van der Waals surface area contributed by atoms with Crippen molar-refractivity contribution in [2.75, 3.05) is 18.4 Å². The second-order valence-electron chi connectivity index (χ2n) is 5.90. The van der Waals surface area contributed by atoms with Crippen molar-refractivity contribution in [3.8, 4) is 0 Å². The predicted octanol–water partition coefficient (Wildman–Crippen LogP) is 3.53. The lowest BCUT2D eigenvalue weighted by molar-refractivity contribution is 0.0925. The maximum Gasteiger partial charge on any atom is 0.253 e. The van der Waals surface area contributed by atoms with Crippen LogP contribution < -0.4 is 10.6 Å². The van der Waals surface area contributed by atoms with Crippen molar-refractivity contribution in [3.63, 3.8) is 0 Å². The molecule has 0 radical (unpaired) electrons. The van der Waals surface area contributed by atoms with Crippen LogP contribution in [-0.4, -0.2) is 19.0 Å². The smallest absolute Gasteiger partial charge is 0.253 e. The molecule has 0 fully saturated rings. The van der Waals surface area contributed by atoms with E-state index in [1.807, 2.05) is 31.2 Å². The van der Waals surface area contributed by atoms with Gasteiger partial charge in [-0.15, -0.1) is 0 Å².